The Kier molecular flexibility index (Phi) is 3.58. The number of ketones is 1. The summed E-state index contributed by atoms with van der Waals surface area (Å²) in [7, 11) is 0. The van der Waals surface area contributed by atoms with Gasteiger partial charge in [-0.3, -0.25) is 4.79 Å². The summed E-state index contributed by atoms with van der Waals surface area (Å²) < 4.78 is 39.4. The molecule has 0 saturated heterocycles. The number of Topliss-reactive ketones (excluding diaryl/α,β-unsaturated/α-hetero) is 1. The van der Waals surface area contributed by atoms with Crippen molar-refractivity contribution < 1.29 is 18.0 Å². The van der Waals surface area contributed by atoms with E-state index in [1.54, 1.807) is 0 Å². The van der Waals surface area contributed by atoms with Crippen molar-refractivity contribution in [2.24, 2.45) is 0 Å². The molecule has 0 amide bonds. The maximum absolute atomic E-state index is 12.7. The van der Waals surface area contributed by atoms with Crippen LogP contribution in [0.4, 0.5) is 13.2 Å². The number of carbonyl (C=O) groups is 1. The first-order valence-electron chi connectivity index (χ1n) is 5.58. The average molecular weight is 288 g/mol. The van der Waals surface area contributed by atoms with Crippen molar-refractivity contribution in [2.45, 2.75) is 24.9 Å². The highest BCUT2D eigenvalue weighted by Crippen LogP contribution is 2.33. The number of carbonyl (C=O) groups excluding carboxylic acids is 1. The lowest BCUT2D eigenvalue weighted by molar-refractivity contribution is -0.137. The molecule has 2 aromatic rings. The second kappa shape index (κ2) is 4.88. The Morgan fingerprint density at radius 2 is 2.16 bits per heavy atom. The summed E-state index contributed by atoms with van der Waals surface area (Å²) in [5, 5.41) is 4.03. The predicted molar refractivity (Wildman–Crippen MR) is 66.6 cm³/mol. The van der Waals surface area contributed by atoms with Crippen LogP contribution in [-0.4, -0.2) is 21.2 Å². The van der Waals surface area contributed by atoms with Crippen molar-refractivity contribution in [3.63, 3.8) is 0 Å². The highest BCUT2D eigenvalue weighted by atomic mass is 32.2. The molecule has 0 unspecified atom stereocenters. The van der Waals surface area contributed by atoms with Crippen LogP contribution in [0.1, 0.15) is 29.9 Å². The predicted octanol–water partition coefficient (Wildman–Crippen LogP) is 3.67. The monoisotopic (exact) mass is 288 g/mol. The quantitative estimate of drug-likeness (QED) is 0.638. The molecule has 102 valence electrons. The molecule has 0 radical (unpaired) electrons. The van der Waals surface area contributed by atoms with E-state index in [0.717, 1.165) is 12.1 Å². The normalized spacial score (nSPS) is 12.1. The SMILES string of the molecule is CCSc1c(C(C)=O)nn2ccc(C(F)(F)F)cc12. The van der Waals surface area contributed by atoms with Gasteiger partial charge in [0.15, 0.2) is 5.78 Å². The van der Waals surface area contributed by atoms with Crippen molar-refractivity contribution in [1.82, 2.24) is 9.61 Å². The fraction of sp³-hybridized carbons (Fsp3) is 0.333. The van der Waals surface area contributed by atoms with Crippen LogP contribution in [0.3, 0.4) is 0 Å². The van der Waals surface area contributed by atoms with Crippen molar-refractivity contribution in [3.05, 3.63) is 29.6 Å². The van der Waals surface area contributed by atoms with Gasteiger partial charge in [0.25, 0.3) is 0 Å². The number of fused-ring (bicyclic) bond motifs is 1. The molecule has 0 aliphatic rings. The van der Waals surface area contributed by atoms with Crippen LogP contribution < -0.4 is 0 Å². The molecule has 7 heteroatoms. The lowest BCUT2D eigenvalue weighted by atomic mass is 10.2. The van der Waals surface area contributed by atoms with Crippen LogP contribution in [0.25, 0.3) is 5.52 Å². The molecular weight excluding hydrogens is 277 g/mol. The number of aromatic nitrogens is 2. The third-order valence-electron chi connectivity index (χ3n) is 2.54. The maximum atomic E-state index is 12.7. The molecule has 0 aliphatic heterocycles. The van der Waals surface area contributed by atoms with E-state index < -0.39 is 11.7 Å². The molecule has 0 aliphatic carbocycles. The van der Waals surface area contributed by atoms with E-state index in [2.05, 4.69) is 5.10 Å². The Labute approximate surface area is 111 Å². The van der Waals surface area contributed by atoms with Gasteiger partial charge in [-0.1, -0.05) is 6.92 Å². The van der Waals surface area contributed by atoms with Crippen LogP contribution in [0.15, 0.2) is 23.2 Å². The molecule has 3 nitrogen and oxygen atoms in total. The molecule has 0 N–H and O–H groups in total. The first-order chi connectivity index (χ1) is 8.84. The Balaban J connectivity index is 2.69. The summed E-state index contributed by atoms with van der Waals surface area (Å²) in [6, 6.07) is 1.97. The zero-order chi connectivity index (χ0) is 14.2. The third-order valence-corrected chi connectivity index (χ3v) is 3.52. The fourth-order valence-corrected chi connectivity index (χ4v) is 2.63. The molecule has 2 aromatic heterocycles. The number of thioether (sulfide) groups is 1. The van der Waals surface area contributed by atoms with Gasteiger partial charge in [0.1, 0.15) is 5.69 Å². The molecule has 0 saturated carbocycles. The molecule has 2 rings (SSSR count). The molecule has 0 fully saturated rings. The van der Waals surface area contributed by atoms with Gasteiger partial charge >= 0.3 is 6.18 Å². The van der Waals surface area contributed by atoms with Crippen LogP contribution in [0.2, 0.25) is 0 Å². The topological polar surface area (TPSA) is 34.4 Å². The van der Waals surface area contributed by atoms with Crippen LogP contribution in [0, 0.1) is 0 Å². The first-order valence-corrected chi connectivity index (χ1v) is 6.56. The van der Waals surface area contributed by atoms with Gasteiger partial charge in [-0.25, -0.2) is 4.52 Å². The van der Waals surface area contributed by atoms with Gasteiger partial charge < -0.3 is 0 Å². The second-order valence-electron chi connectivity index (χ2n) is 3.91. The molecular formula is C12H11F3N2OS. The number of nitrogens with zero attached hydrogens (tertiary/aromatic N) is 2. The summed E-state index contributed by atoms with van der Waals surface area (Å²) in [5.74, 6) is 0.394. The Morgan fingerprint density at radius 3 is 2.68 bits per heavy atom. The standard InChI is InChI=1S/C12H11F3N2OS/c1-3-19-11-9-6-8(12(13,14)15)4-5-17(9)16-10(11)7(2)18/h4-6H,3H2,1-2H3. The lowest BCUT2D eigenvalue weighted by Gasteiger charge is -2.06. The highest BCUT2D eigenvalue weighted by Gasteiger charge is 2.31. The molecule has 0 aromatic carbocycles. The zero-order valence-electron chi connectivity index (χ0n) is 10.3. The number of pyridine rings is 1. The van der Waals surface area contributed by atoms with Crippen LogP contribution in [0.5, 0.6) is 0 Å². The van der Waals surface area contributed by atoms with E-state index in [9.17, 15) is 18.0 Å². The van der Waals surface area contributed by atoms with E-state index >= 15 is 0 Å². The minimum Gasteiger partial charge on any atom is -0.293 e. The van der Waals surface area contributed by atoms with Gasteiger partial charge in [-0.15, -0.1) is 11.8 Å². The fourth-order valence-electron chi connectivity index (χ4n) is 1.72. The summed E-state index contributed by atoms with van der Waals surface area (Å²) in [6.45, 7) is 3.22. The van der Waals surface area contributed by atoms with E-state index in [4.69, 9.17) is 0 Å². The number of hydrogen-bond donors (Lipinski definition) is 0. The van der Waals surface area contributed by atoms with Crippen molar-refractivity contribution in [1.29, 1.82) is 0 Å². The van der Waals surface area contributed by atoms with Crippen molar-refractivity contribution >= 4 is 23.1 Å². The summed E-state index contributed by atoms with van der Waals surface area (Å²) in [4.78, 5) is 12.0. The molecule has 0 atom stereocenters. The summed E-state index contributed by atoms with van der Waals surface area (Å²) in [5.41, 5.74) is -0.217. The van der Waals surface area contributed by atoms with Gasteiger partial charge in [-0.2, -0.15) is 18.3 Å². The maximum Gasteiger partial charge on any atom is 0.416 e. The van der Waals surface area contributed by atoms with Crippen LogP contribution >= 0.6 is 11.8 Å². The molecule has 0 bridgehead atoms. The van der Waals surface area contributed by atoms with Crippen LogP contribution in [-0.2, 0) is 6.18 Å². The third kappa shape index (κ3) is 2.60. The van der Waals surface area contributed by atoms with E-state index in [1.165, 1.54) is 29.4 Å². The Hall–Kier alpha value is -1.50. The molecule has 2 heterocycles. The summed E-state index contributed by atoms with van der Waals surface area (Å²) >= 11 is 1.31. The van der Waals surface area contributed by atoms with Gasteiger partial charge in [0, 0.05) is 13.1 Å². The van der Waals surface area contributed by atoms with Gasteiger partial charge in [0.05, 0.1) is 16.0 Å². The first kappa shape index (κ1) is 13.9. The van der Waals surface area contributed by atoms with Crippen molar-refractivity contribution in [3.8, 4) is 0 Å². The number of rotatable bonds is 3. The smallest absolute Gasteiger partial charge is 0.293 e. The molecule has 19 heavy (non-hydrogen) atoms. The number of hydrogen-bond acceptors (Lipinski definition) is 3. The van der Waals surface area contributed by atoms with E-state index in [-0.39, 0.29) is 11.5 Å². The summed E-state index contributed by atoms with van der Waals surface area (Å²) in [6.07, 6.45) is -3.18. The largest absolute Gasteiger partial charge is 0.416 e. The van der Waals surface area contributed by atoms with E-state index in [1.807, 2.05) is 6.92 Å². The highest BCUT2D eigenvalue weighted by molar-refractivity contribution is 7.99. The van der Waals surface area contributed by atoms with Crippen molar-refractivity contribution in [2.75, 3.05) is 5.75 Å². The Bertz CT molecular complexity index is 634. The average Bonchev–Trinajstić information content (AvgIpc) is 2.67. The number of alkyl halides is 3. The zero-order valence-corrected chi connectivity index (χ0v) is 11.1. The minimum atomic E-state index is -4.41. The second-order valence-corrected chi connectivity index (χ2v) is 5.18. The number of halogens is 3. The Morgan fingerprint density at radius 1 is 1.47 bits per heavy atom. The lowest BCUT2D eigenvalue weighted by Crippen LogP contribution is -2.05. The minimum absolute atomic E-state index is 0.214. The van der Waals surface area contributed by atoms with Gasteiger partial charge in [0.2, 0.25) is 0 Å². The van der Waals surface area contributed by atoms with E-state index in [0.29, 0.717) is 16.2 Å². The van der Waals surface area contributed by atoms with Gasteiger partial charge in [-0.05, 0) is 17.9 Å². The molecule has 0 spiro atoms.